The summed E-state index contributed by atoms with van der Waals surface area (Å²) in [4.78, 5) is 25.7. The summed E-state index contributed by atoms with van der Waals surface area (Å²) in [6, 6.07) is 12.1. The van der Waals surface area contributed by atoms with Crippen LogP contribution in [-0.2, 0) is 6.42 Å². The number of hydrogen-bond acceptors (Lipinski definition) is 2. The molecule has 1 heterocycles. The second kappa shape index (κ2) is 5.51. The highest BCUT2D eigenvalue weighted by Gasteiger charge is 2.34. The van der Waals surface area contributed by atoms with Gasteiger partial charge in [-0.25, -0.2) is 0 Å². The van der Waals surface area contributed by atoms with Crippen LogP contribution in [0.5, 0.6) is 0 Å². The van der Waals surface area contributed by atoms with Crippen molar-refractivity contribution in [3.8, 4) is 0 Å². The number of halogens is 2. The van der Waals surface area contributed by atoms with Crippen molar-refractivity contribution in [2.75, 3.05) is 6.54 Å². The Bertz CT molecular complexity index is 688. The lowest BCUT2D eigenvalue weighted by atomic mass is 10.1. The minimum atomic E-state index is -0.265. The van der Waals surface area contributed by atoms with Crippen molar-refractivity contribution < 1.29 is 9.59 Å². The molecule has 0 N–H and O–H groups in total. The third-order valence-electron chi connectivity index (χ3n) is 3.53. The number of carbonyl (C=O) groups excluding carboxylic acids is 2. The number of benzene rings is 2. The van der Waals surface area contributed by atoms with Gasteiger partial charge in [0.15, 0.2) is 0 Å². The zero-order valence-electron chi connectivity index (χ0n) is 11.0. The Labute approximate surface area is 132 Å². The molecule has 2 amide bonds. The Morgan fingerprint density at radius 3 is 1.86 bits per heavy atom. The fourth-order valence-electron chi connectivity index (χ4n) is 2.44. The molecule has 0 saturated heterocycles. The molecule has 0 saturated carbocycles. The highest BCUT2D eigenvalue weighted by molar-refractivity contribution is 6.36. The van der Waals surface area contributed by atoms with Crippen molar-refractivity contribution in [3.05, 3.63) is 69.2 Å². The fraction of sp³-hybridized carbons (Fsp3) is 0.125. The first-order chi connectivity index (χ1) is 10.1. The third-order valence-corrected chi connectivity index (χ3v) is 4.23. The molecule has 0 unspecified atom stereocenters. The molecule has 0 aliphatic carbocycles. The SMILES string of the molecule is O=C1c2ccccc2C(=O)N1CCc1c(Cl)cccc1Cl. The molecule has 0 spiro atoms. The topological polar surface area (TPSA) is 37.4 Å². The van der Waals surface area contributed by atoms with Gasteiger partial charge in [0.05, 0.1) is 11.1 Å². The van der Waals surface area contributed by atoms with Gasteiger partial charge in [-0.05, 0) is 36.2 Å². The summed E-state index contributed by atoms with van der Waals surface area (Å²) in [6.07, 6.45) is 0.434. The maximum Gasteiger partial charge on any atom is 0.261 e. The molecule has 1 aliphatic rings. The average molecular weight is 320 g/mol. The van der Waals surface area contributed by atoms with Crippen LogP contribution >= 0.6 is 23.2 Å². The standard InChI is InChI=1S/C16H11Cl2NO2/c17-13-6-3-7-14(18)12(13)8-9-19-15(20)10-4-1-2-5-11(10)16(19)21/h1-7H,8-9H2. The minimum Gasteiger partial charge on any atom is -0.274 e. The van der Waals surface area contributed by atoms with E-state index in [1.165, 1.54) is 4.90 Å². The van der Waals surface area contributed by atoms with E-state index < -0.39 is 0 Å². The van der Waals surface area contributed by atoms with E-state index >= 15 is 0 Å². The quantitative estimate of drug-likeness (QED) is 0.806. The van der Waals surface area contributed by atoms with Crippen LogP contribution < -0.4 is 0 Å². The Balaban J connectivity index is 1.82. The summed E-state index contributed by atoms with van der Waals surface area (Å²) in [6.45, 7) is 0.260. The molecular weight excluding hydrogens is 309 g/mol. The lowest BCUT2D eigenvalue weighted by Gasteiger charge is -2.15. The number of imide groups is 1. The van der Waals surface area contributed by atoms with Gasteiger partial charge in [-0.3, -0.25) is 14.5 Å². The van der Waals surface area contributed by atoms with E-state index in [0.717, 1.165) is 5.56 Å². The molecule has 0 radical (unpaired) electrons. The number of hydrogen-bond donors (Lipinski definition) is 0. The van der Waals surface area contributed by atoms with Crippen molar-refractivity contribution in [1.82, 2.24) is 4.90 Å². The van der Waals surface area contributed by atoms with Crippen LogP contribution in [0, 0.1) is 0 Å². The van der Waals surface area contributed by atoms with Crippen LogP contribution in [0.25, 0.3) is 0 Å². The van der Waals surface area contributed by atoms with E-state index in [4.69, 9.17) is 23.2 Å². The fourth-order valence-corrected chi connectivity index (χ4v) is 3.02. The zero-order valence-corrected chi connectivity index (χ0v) is 12.5. The van der Waals surface area contributed by atoms with Crippen LogP contribution in [0.4, 0.5) is 0 Å². The van der Waals surface area contributed by atoms with Crippen molar-refractivity contribution in [1.29, 1.82) is 0 Å². The van der Waals surface area contributed by atoms with Gasteiger partial charge in [0, 0.05) is 16.6 Å². The zero-order chi connectivity index (χ0) is 15.0. The van der Waals surface area contributed by atoms with E-state index in [1.54, 1.807) is 42.5 Å². The first-order valence-corrected chi connectivity index (χ1v) is 7.23. The third kappa shape index (κ3) is 2.43. The lowest BCUT2D eigenvalue weighted by molar-refractivity contribution is 0.0656. The second-order valence-electron chi connectivity index (χ2n) is 4.76. The molecule has 0 fully saturated rings. The van der Waals surface area contributed by atoms with Crippen molar-refractivity contribution in [3.63, 3.8) is 0 Å². The normalized spacial score (nSPS) is 13.7. The van der Waals surface area contributed by atoms with Gasteiger partial charge in [-0.15, -0.1) is 0 Å². The maximum atomic E-state index is 12.2. The molecule has 3 rings (SSSR count). The van der Waals surface area contributed by atoms with Gasteiger partial charge < -0.3 is 0 Å². The van der Waals surface area contributed by atoms with E-state index in [2.05, 4.69) is 0 Å². The molecule has 5 heteroatoms. The molecule has 21 heavy (non-hydrogen) atoms. The number of fused-ring (bicyclic) bond motifs is 1. The van der Waals surface area contributed by atoms with E-state index in [-0.39, 0.29) is 18.4 Å². The monoisotopic (exact) mass is 319 g/mol. The first kappa shape index (κ1) is 14.1. The Morgan fingerprint density at radius 1 is 0.810 bits per heavy atom. The van der Waals surface area contributed by atoms with Crippen molar-refractivity contribution >= 4 is 35.0 Å². The molecule has 2 aromatic carbocycles. The van der Waals surface area contributed by atoms with Gasteiger partial charge in [0.25, 0.3) is 11.8 Å². The van der Waals surface area contributed by atoms with Crippen LogP contribution in [0.15, 0.2) is 42.5 Å². The van der Waals surface area contributed by atoms with E-state index in [0.29, 0.717) is 27.6 Å². The smallest absolute Gasteiger partial charge is 0.261 e. The predicted molar refractivity (Wildman–Crippen MR) is 82.0 cm³/mol. The van der Waals surface area contributed by atoms with Crippen LogP contribution in [0.3, 0.4) is 0 Å². The van der Waals surface area contributed by atoms with Gasteiger partial charge in [0.1, 0.15) is 0 Å². The number of carbonyl (C=O) groups is 2. The summed E-state index contributed by atoms with van der Waals surface area (Å²) in [7, 11) is 0. The van der Waals surface area contributed by atoms with Crippen LogP contribution in [0.2, 0.25) is 10.0 Å². The van der Waals surface area contributed by atoms with E-state index in [9.17, 15) is 9.59 Å². The van der Waals surface area contributed by atoms with Gasteiger partial charge in [-0.1, -0.05) is 41.4 Å². The van der Waals surface area contributed by atoms with Gasteiger partial charge in [0.2, 0.25) is 0 Å². The number of nitrogens with zero attached hydrogens (tertiary/aromatic N) is 1. The summed E-state index contributed by atoms with van der Waals surface area (Å²) in [5.41, 5.74) is 1.65. The van der Waals surface area contributed by atoms with Gasteiger partial charge in [-0.2, -0.15) is 0 Å². The highest BCUT2D eigenvalue weighted by atomic mass is 35.5. The lowest BCUT2D eigenvalue weighted by Crippen LogP contribution is -2.31. The molecule has 106 valence electrons. The average Bonchev–Trinajstić information content (AvgIpc) is 2.72. The van der Waals surface area contributed by atoms with Crippen molar-refractivity contribution in [2.45, 2.75) is 6.42 Å². The van der Waals surface area contributed by atoms with Crippen molar-refractivity contribution in [2.24, 2.45) is 0 Å². The number of rotatable bonds is 3. The Kier molecular flexibility index (Phi) is 3.70. The Morgan fingerprint density at radius 2 is 1.33 bits per heavy atom. The molecule has 0 bridgehead atoms. The first-order valence-electron chi connectivity index (χ1n) is 6.47. The number of amides is 2. The summed E-state index contributed by atoms with van der Waals surface area (Å²) < 4.78 is 0. The largest absolute Gasteiger partial charge is 0.274 e. The molecule has 2 aromatic rings. The second-order valence-corrected chi connectivity index (χ2v) is 5.57. The van der Waals surface area contributed by atoms with Crippen LogP contribution in [-0.4, -0.2) is 23.3 Å². The predicted octanol–water partition coefficient (Wildman–Crippen LogP) is 3.83. The molecule has 1 aliphatic heterocycles. The Hall–Kier alpha value is -1.84. The summed E-state index contributed by atoms with van der Waals surface area (Å²) in [5, 5.41) is 1.08. The summed E-state index contributed by atoms with van der Waals surface area (Å²) in [5.74, 6) is -0.530. The molecule has 0 aromatic heterocycles. The summed E-state index contributed by atoms with van der Waals surface area (Å²) >= 11 is 12.2. The van der Waals surface area contributed by atoms with E-state index in [1.807, 2.05) is 0 Å². The maximum absolute atomic E-state index is 12.2. The molecule has 0 atom stereocenters. The highest BCUT2D eigenvalue weighted by Crippen LogP contribution is 2.27. The molecule has 3 nitrogen and oxygen atoms in total. The molecular formula is C16H11Cl2NO2. The van der Waals surface area contributed by atoms with Crippen LogP contribution in [0.1, 0.15) is 26.3 Å². The van der Waals surface area contributed by atoms with Gasteiger partial charge >= 0.3 is 0 Å². The minimum absolute atomic E-state index is 0.260.